The van der Waals surface area contributed by atoms with Gasteiger partial charge in [0.2, 0.25) is 0 Å². The fourth-order valence-corrected chi connectivity index (χ4v) is 4.85. The van der Waals surface area contributed by atoms with E-state index in [1.54, 1.807) is 29.5 Å². The van der Waals surface area contributed by atoms with Crippen molar-refractivity contribution >= 4 is 26.9 Å². The average molecular weight is 265 g/mol. The maximum atomic E-state index is 12.3. The third-order valence-corrected chi connectivity index (χ3v) is 5.73. The normalized spacial score (nSPS) is 16.9. The summed E-state index contributed by atoms with van der Waals surface area (Å²) >= 11 is 1.59. The van der Waals surface area contributed by atoms with Gasteiger partial charge in [-0.25, -0.2) is 8.42 Å². The zero-order chi connectivity index (χ0) is 12.0. The predicted octanol–water partition coefficient (Wildman–Crippen LogP) is 2.21. The zero-order valence-electron chi connectivity index (χ0n) is 9.01. The molecule has 0 aliphatic carbocycles. The van der Waals surface area contributed by atoms with Crippen LogP contribution in [0.3, 0.4) is 0 Å². The lowest BCUT2D eigenvalue weighted by molar-refractivity contribution is 0.595. The molecule has 17 heavy (non-hydrogen) atoms. The highest BCUT2D eigenvalue weighted by molar-refractivity contribution is 7.90. The summed E-state index contributed by atoms with van der Waals surface area (Å²) in [6, 6.07) is 7.00. The summed E-state index contributed by atoms with van der Waals surface area (Å²) < 4.78 is 24.5. The molecule has 3 nitrogen and oxygen atoms in total. The number of rotatable bonds is 0. The SMILES string of the molecule is Nc1cccc2c1Cc1sccc1CS2(=O)=O. The van der Waals surface area contributed by atoms with Crippen LogP contribution in [0.1, 0.15) is 16.0 Å². The van der Waals surface area contributed by atoms with Gasteiger partial charge in [0.1, 0.15) is 0 Å². The number of benzene rings is 1. The van der Waals surface area contributed by atoms with E-state index in [4.69, 9.17) is 5.73 Å². The minimum Gasteiger partial charge on any atom is -0.398 e. The van der Waals surface area contributed by atoms with Gasteiger partial charge in [-0.1, -0.05) is 6.07 Å². The van der Waals surface area contributed by atoms with E-state index in [1.165, 1.54) is 0 Å². The number of nitrogens with two attached hydrogens (primary N) is 1. The topological polar surface area (TPSA) is 60.2 Å². The summed E-state index contributed by atoms with van der Waals surface area (Å²) in [7, 11) is -3.26. The van der Waals surface area contributed by atoms with Crippen LogP contribution in [0.25, 0.3) is 0 Å². The van der Waals surface area contributed by atoms with Gasteiger partial charge in [-0.2, -0.15) is 0 Å². The van der Waals surface area contributed by atoms with Gasteiger partial charge in [-0.05, 0) is 34.7 Å². The van der Waals surface area contributed by atoms with E-state index in [9.17, 15) is 8.42 Å². The molecule has 2 heterocycles. The molecule has 0 saturated carbocycles. The first-order valence-electron chi connectivity index (χ1n) is 5.23. The molecule has 0 bridgehead atoms. The number of anilines is 1. The second-order valence-corrected chi connectivity index (χ2v) is 7.09. The van der Waals surface area contributed by atoms with Crippen LogP contribution >= 0.6 is 11.3 Å². The zero-order valence-corrected chi connectivity index (χ0v) is 10.6. The van der Waals surface area contributed by atoms with Crippen molar-refractivity contribution in [1.29, 1.82) is 0 Å². The van der Waals surface area contributed by atoms with Gasteiger partial charge < -0.3 is 5.73 Å². The van der Waals surface area contributed by atoms with E-state index < -0.39 is 9.84 Å². The van der Waals surface area contributed by atoms with Crippen LogP contribution in [0.2, 0.25) is 0 Å². The first kappa shape index (κ1) is 10.8. The molecule has 0 unspecified atom stereocenters. The molecule has 1 aliphatic rings. The van der Waals surface area contributed by atoms with E-state index in [0.717, 1.165) is 16.0 Å². The number of sulfone groups is 1. The maximum absolute atomic E-state index is 12.3. The summed E-state index contributed by atoms with van der Waals surface area (Å²) in [4.78, 5) is 1.49. The largest absolute Gasteiger partial charge is 0.398 e. The first-order chi connectivity index (χ1) is 8.08. The summed E-state index contributed by atoms with van der Waals surface area (Å²) in [6.07, 6.45) is 0.619. The van der Waals surface area contributed by atoms with Crippen molar-refractivity contribution in [3.05, 3.63) is 45.6 Å². The van der Waals surface area contributed by atoms with Crippen molar-refractivity contribution in [2.45, 2.75) is 17.1 Å². The van der Waals surface area contributed by atoms with Crippen LogP contribution in [0.4, 0.5) is 5.69 Å². The molecular formula is C12H11NO2S2. The van der Waals surface area contributed by atoms with Crippen molar-refractivity contribution in [2.75, 3.05) is 5.73 Å². The average Bonchev–Trinajstić information content (AvgIpc) is 2.63. The Bertz CT molecular complexity index is 686. The Morgan fingerprint density at radius 2 is 2.06 bits per heavy atom. The van der Waals surface area contributed by atoms with E-state index in [-0.39, 0.29) is 5.75 Å². The van der Waals surface area contributed by atoms with E-state index >= 15 is 0 Å². The summed E-state index contributed by atoms with van der Waals surface area (Å²) in [5, 5.41) is 1.93. The highest BCUT2D eigenvalue weighted by Crippen LogP contribution is 2.34. The molecule has 1 aliphatic heterocycles. The Morgan fingerprint density at radius 3 is 2.88 bits per heavy atom. The molecule has 3 rings (SSSR count). The van der Waals surface area contributed by atoms with Crippen molar-refractivity contribution in [1.82, 2.24) is 0 Å². The number of hydrogen-bond acceptors (Lipinski definition) is 4. The van der Waals surface area contributed by atoms with Crippen molar-refractivity contribution < 1.29 is 8.42 Å². The number of fused-ring (bicyclic) bond motifs is 2. The van der Waals surface area contributed by atoms with Crippen LogP contribution in [0.5, 0.6) is 0 Å². The third-order valence-electron chi connectivity index (χ3n) is 3.02. The quantitative estimate of drug-likeness (QED) is 0.743. The molecule has 0 atom stereocenters. The molecular weight excluding hydrogens is 254 g/mol. The number of nitrogen functional groups attached to an aromatic ring is 1. The van der Waals surface area contributed by atoms with Crippen LogP contribution < -0.4 is 5.73 Å². The fourth-order valence-electron chi connectivity index (χ4n) is 2.16. The second-order valence-electron chi connectivity index (χ2n) is 4.13. The van der Waals surface area contributed by atoms with Crippen LogP contribution in [0.15, 0.2) is 34.5 Å². The third kappa shape index (κ3) is 1.66. The Labute approximate surface area is 104 Å². The molecule has 0 saturated heterocycles. The van der Waals surface area contributed by atoms with Gasteiger partial charge in [-0.3, -0.25) is 0 Å². The molecule has 2 aromatic rings. The Kier molecular flexibility index (Phi) is 2.27. The number of thiophene rings is 1. The fraction of sp³-hybridized carbons (Fsp3) is 0.167. The van der Waals surface area contributed by atoms with Crippen LogP contribution in [-0.2, 0) is 22.0 Å². The van der Waals surface area contributed by atoms with Gasteiger partial charge in [0.15, 0.2) is 9.84 Å². The molecule has 88 valence electrons. The Hall–Kier alpha value is -1.33. The highest BCUT2D eigenvalue weighted by atomic mass is 32.2. The molecule has 0 amide bonds. The van der Waals surface area contributed by atoms with Crippen LogP contribution in [-0.4, -0.2) is 8.42 Å². The minimum absolute atomic E-state index is 0.0856. The minimum atomic E-state index is -3.26. The summed E-state index contributed by atoms with van der Waals surface area (Å²) in [6.45, 7) is 0. The smallest absolute Gasteiger partial charge is 0.182 e. The summed E-state index contributed by atoms with van der Waals surface area (Å²) in [5.41, 5.74) is 8.11. The molecule has 0 spiro atoms. The van der Waals surface area contributed by atoms with Crippen molar-refractivity contribution in [3.8, 4) is 0 Å². The van der Waals surface area contributed by atoms with Gasteiger partial charge in [0, 0.05) is 17.0 Å². The van der Waals surface area contributed by atoms with Gasteiger partial charge in [0.05, 0.1) is 10.6 Å². The van der Waals surface area contributed by atoms with E-state index in [1.807, 2.05) is 11.4 Å². The van der Waals surface area contributed by atoms with Gasteiger partial charge in [0.25, 0.3) is 0 Å². The maximum Gasteiger partial charge on any atom is 0.182 e. The van der Waals surface area contributed by atoms with Gasteiger partial charge in [-0.15, -0.1) is 11.3 Å². The highest BCUT2D eigenvalue weighted by Gasteiger charge is 2.26. The standard InChI is InChI=1S/C12H11NO2S2/c13-10-2-1-3-12-9(10)6-11-8(4-5-16-11)7-17(12,14)15/h1-5H,6-7,13H2. The Morgan fingerprint density at radius 1 is 1.24 bits per heavy atom. The molecule has 5 heteroatoms. The van der Waals surface area contributed by atoms with Crippen molar-refractivity contribution in [2.24, 2.45) is 0 Å². The number of hydrogen-bond donors (Lipinski definition) is 1. The molecule has 1 aromatic carbocycles. The lowest BCUT2D eigenvalue weighted by Crippen LogP contribution is -2.06. The van der Waals surface area contributed by atoms with E-state index in [2.05, 4.69) is 0 Å². The van der Waals surface area contributed by atoms with Gasteiger partial charge >= 0.3 is 0 Å². The van der Waals surface area contributed by atoms with Crippen molar-refractivity contribution in [3.63, 3.8) is 0 Å². The lowest BCUT2D eigenvalue weighted by atomic mass is 10.1. The first-order valence-corrected chi connectivity index (χ1v) is 7.76. The summed E-state index contributed by atoms with van der Waals surface area (Å²) in [5.74, 6) is 0.0856. The Balaban J connectivity index is 2.33. The van der Waals surface area contributed by atoms with E-state index in [0.29, 0.717) is 17.0 Å². The second kappa shape index (κ2) is 3.58. The molecule has 2 N–H and O–H groups in total. The van der Waals surface area contributed by atoms with Crippen LogP contribution in [0, 0.1) is 0 Å². The predicted molar refractivity (Wildman–Crippen MR) is 68.9 cm³/mol. The molecule has 1 aromatic heterocycles. The molecule has 0 radical (unpaired) electrons. The molecule has 0 fully saturated rings. The lowest BCUT2D eigenvalue weighted by Gasteiger charge is -2.08. The monoisotopic (exact) mass is 265 g/mol.